The van der Waals surface area contributed by atoms with Gasteiger partial charge in [-0.2, -0.15) is 0 Å². The molecule has 1 heterocycles. The minimum atomic E-state index is -3.12. The summed E-state index contributed by atoms with van der Waals surface area (Å²) in [5.74, 6) is -0.0267. The van der Waals surface area contributed by atoms with Crippen LogP contribution in [0.25, 0.3) is 11.3 Å². The van der Waals surface area contributed by atoms with Crippen molar-refractivity contribution in [3.05, 3.63) is 40.7 Å². The van der Waals surface area contributed by atoms with Gasteiger partial charge >= 0.3 is 0 Å². The highest BCUT2D eigenvalue weighted by Crippen LogP contribution is 2.20. The number of aryl methyl sites for hydroxylation is 1. The lowest BCUT2D eigenvalue weighted by atomic mass is 10.1. The quantitative estimate of drug-likeness (QED) is 0.854. The summed E-state index contributed by atoms with van der Waals surface area (Å²) in [5.41, 5.74) is 6.81. The first kappa shape index (κ1) is 14.4. The van der Waals surface area contributed by atoms with Crippen molar-refractivity contribution < 1.29 is 8.42 Å². The lowest BCUT2D eigenvalue weighted by Gasteiger charge is -2.02. The van der Waals surface area contributed by atoms with E-state index in [-0.39, 0.29) is 23.7 Å². The molecule has 108 valence electrons. The number of nitrogens with one attached hydrogen (secondary N) is 1. The maximum absolute atomic E-state index is 12.0. The topological polar surface area (TPSA) is 97.9 Å². The molecule has 0 aliphatic carbocycles. The number of nitrogen functional groups attached to an aromatic ring is 1. The van der Waals surface area contributed by atoms with Gasteiger partial charge in [0.2, 0.25) is 0 Å². The third kappa shape index (κ3) is 2.93. The number of rotatable bonds is 5. The monoisotopic (exact) mass is 295 g/mol. The molecule has 0 saturated carbocycles. The number of sulfone groups is 1. The van der Waals surface area contributed by atoms with Crippen LogP contribution in [0.3, 0.4) is 0 Å². The Balaban J connectivity index is 2.32. The van der Waals surface area contributed by atoms with Crippen molar-refractivity contribution in [1.29, 1.82) is 0 Å². The Kier molecular flexibility index (Phi) is 3.99. The highest BCUT2D eigenvalue weighted by atomic mass is 32.2. The van der Waals surface area contributed by atoms with E-state index in [1.165, 1.54) is 4.68 Å². The summed E-state index contributed by atoms with van der Waals surface area (Å²) in [7, 11) is -3.12. The molecular formula is C13H17N3O3S. The van der Waals surface area contributed by atoms with Gasteiger partial charge in [0.05, 0.1) is 18.0 Å². The largest absolute Gasteiger partial charge is 0.392 e. The van der Waals surface area contributed by atoms with Gasteiger partial charge in [0.25, 0.3) is 5.56 Å². The fourth-order valence-corrected chi connectivity index (χ4v) is 2.60. The Labute approximate surface area is 117 Å². The van der Waals surface area contributed by atoms with Crippen LogP contribution in [0.5, 0.6) is 0 Å². The fourth-order valence-electron chi connectivity index (χ4n) is 1.86. The van der Waals surface area contributed by atoms with E-state index >= 15 is 0 Å². The van der Waals surface area contributed by atoms with Gasteiger partial charge in [0.15, 0.2) is 9.84 Å². The number of hydrogen-bond acceptors (Lipinski definition) is 4. The van der Waals surface area contributed by atoms with Gasteiger partial charge in [-0.25, -0.2) is 13.1 Å². The number of nitrogens with zero attached hydrogens (tertiary/aromatic N) is 1. The third-order valence-electron chi connectivity index (χ3n) is 3.12. The maximum atomic E-state index is 12.0. The Morgan fingerprint density at radius 1 is 1.25 bits per heavy atom. The number of nitrogens with two attached hydrogens (primary N) is 1. The number of H-pyrrole nitrogens is 1. The third-order valence-corrected chi connectivity index (χ3v) is 4.80. The lowest BCUT2D eigenvalue weighted by Crippen LogP contribution is -2.23. The van der Waals surface area contributed by atoms with Gasteiger partial charge in [-0.15, -0.1) is 0 Å². The Morgan fingerprint density at radius 3 is 2.50 bits per heavy atom. The first-order chi connectivity index (χ1) is 9.44. The van der Waals surface area contributed by atoms with Crippen LogP contribution in [0.2, 0.25) is 0 Å². The molecular weight excluding hydrogens is 278 g/mol. The van der Waals surface area contributed by atoms with E-state index < -0.39 is 15.4 Å². The molecule has 0 fully saturated rings. The van der Waals surface area contributed by atoms with Crippen molar-refractivity contribution in [3.63, 3.8) is 0 Å². The predicted molar refractivity (Wildman–Crippen MR) is 79.2 cm³/mol. The summed E-state index contributed by atoms with van der Waals surface area (Å²) in [6.07, 6.45) is 0. The van der Waals surface area contributed by atoms with Crippen LogP contribution < -0.4 is 11.3 Å². The van der Waals surface area contributed by atoms with Gasteiger partial charge < -0.3 is 5.73 Å². The molecule has 3 N–H and O–H groups in total. The van der Waals surface area contributed by atoms with Crippen molar-refractivity contribution in [2.24, 2.45) is 0 Å². The predicted octanol–water partition coefficient (Wildman–Crippen LogP) is 0.860. The Hall–Kier alpha value is -2.02. The molecule has 0 amide bonds. The van der Waals surface area contributed by atoms with Crippen LogP contribution >= 0.6 is 0 Å². The summed E-state index contributed by atoms with van der Waals surface area (Å²) in [4.78, 5) is 12.0. The second-order valence-electron chi connectivity index (χ2n) is 4.46. The van der Waals surface area contributed by atoms with Gasteiger partial charge in [-0.05, 0) is 0 Å². The van der Waals surface area contributed by atoms with E-state index in [2.05, 4.69) is 5.10 Å². The molecule has 0 unspecified atom stereocenters. The highest BCUT2D eigenvalue weighted by Gasteiger charge is 2.14. The molecule has 0 aliphatic heterocycles. The van der Waals surface area contributed by atoms with Crippen molar-refractivity contribution in [2.45, 2.75) is 13.5 Å². The first-order valence-corrected chi connectivity index (χ1v) is 8.11. The van der Waals surface area contributed by atoms with Gasteiger partial charge in [-0.1, -0.05) is 37.3 Å². The molecule has 1 aromatic heterocycles. The molecule has 2 rings (SSSR count). The molecule has 0 bridgehead atoms. The Morgan fingerprint density at radius 2 is 1.90 bits per heavy atom. The van der Waals surface area contributed by atoms with Crippen LogP contribution in [0.15, 0.2) is 35.1 Å². The SMILES string of the molecule is CCS(=O)(=O)CCn1[nH]c(-c2ccccc2)c(N)c1=O. The minimum absolute atomic E-state index is 0.0590. The molecule has 0 saturated heterocycles. The fraction of sp³-hybridized carbons (Fsp3) is 0.308. The van der Waals surface area contributed by atoms with Gasteiger partial charge in [0.1, 0.15) is 5.69 Å². The molecule has 0 spiro atoms. The number of aromatic amines is 1. The van der Waals surface area contributed by atoms with Crippen molar-refractivity contribution in [3.8, 4) is 11.3 Å². The van der Waals surface area contributed by atoms with E-state index in [4.69, 9.17) is 5.73 Å². The minimum Gasteiger partial charge on any atom is -0.392 e. The molecule has 20 heavy (non-hydrogen) atoms. The second-order valence-corrected chi connectivity index (χ2v) is 6.93. The van der Waals surface area contributed by atoms with E-state index in [1.54, 1.807) is 6.92 Å². The number of benzene rings is 1. The van der Waals surface area contributed by atoms with Crippen LogP contribution in [0, 0.1) is 0 Å². The normalized spacial score (nSPS) is 11.7. The van der Waals surface area contributed by atoms with Crippen LogP contribution in [-0.4, -0.2) is 29.7 Å². The molecule has 7 heteroatoms. The zero-order chi connectivity index (χ0) is 14.8. The average Bonchev–Trinajstić information content (AvgIpc) is 2.74. The van der Waals surface area contributed by atoms with Crippen LogP contribution in [-0.2, 0) is 16.4 Å². The van der Waals surface area contributed by atoms with Crippen molar-refractivity contribution in [1.82, 2.24) is 9.78 Å². The number of anilines is 1. The highest BCUT2D eigenvalue weighted by molar-refractivity contribution is 7.91. The van der Waals surface area contributed by atoms with Gasteiger partial charge in [-0.3, -0.25) is 9.89 Å². The Bertz CT molecular complexity index is 745. The summed E-state index contributed by atoms with van der Waals surface area (Å²) < 4.78 is 24.2. The van der Waals surface area contributed by atoms with Crippen molar-refractivity contribution >= 4 is 15.5 Å². The van der Waals surface area contributed by atoms with Crippen molar-refractivity contribution in [2.75, 3.05) is 17.2 Å². The van der Waals surface area contributed by atoms with E-state index in [0.717, 1.165) is 5.56 Å². The average molecular weight is 295 g/mol. The summed E-state index contributed by atoms with van der Waals surface area (Å²) in [5, 5.41) is 2.88. The summed E-state index contributed by atoms with van der Waals surface area (Å²) in [6.45, 7) is 1.66. The maximum Gasteiger partial charge on any atom is 0.290 e. The smallest absolute Gasteiger partial charge is 0.290 e. The molecule has 0 atom stereocenters. The standard InChI is InChI=1S/C13H17N3O3S/c1-2-20(18,19)9-8-16-13(17)11(14)12(15-16)10-6-4-3-5-7-10/h3-7,15H,2,8-9,14H2,1H3. The van der Waals surface area contributed by atoms with Crippen LogP contribution in [0.1, 0.15) is 6.92 Å². The van der Waals surface area contributed by atoms with E-state index in [0.29, 0.717) is 5.69 Å². The molecule has 0 aliphatic rings. The van der Waals surface area contributed by atoms with Crippen LogP contribution in [0.4, 0.5) is 5.69 Å². The molecule has 2 aromatic rings. The first-order valence-electron chi connectivity index (χ1n) is 6.28. The molecule has 6 nitrogen and oxygen atoms in total. The number of aromatic nitrogens is 2. The lowest BCUT2D eigenvalue weighted by molar-refractivity contribution is 0.578. The zero-order valence-electron chi connectivity index (χ0n) is 11.2. The zero-order valence-corrected chi connectivity index (χ0v) is 12.0. The van der Waals surface area contributed by atoms with E-state index in [9.17, 15) is 13.2 Å². The summed E-state index contributed by atoms with van der Waals surface area (Å²) in [6, 6.07) is 9.20. The molecule has 0 radical (unpaired) electrons. The molecule has 1 aromatic carbocycles. The summed E-state index contributed by atoms with van der Waals surface area (Å²) >= 11 is 0. The number of hydrogen-bond donors (Lipinski definition) is 2. The van der Waals surface area contributed by atoms with Gasteiger partial charge in [0, 0.05) is 11.3 Å². The second kappa shape index (κ2) is 5.54. The van der Waals surface area contributed by atoms with E-state index in [1.807, 2.05) is 30.3 Å².